The van der Waals surface area contributed by atoms with Crippen LogP contribution in [0.1, 0.15) is 16.1 Å². The van der Waals surface area contributed by atoms with Crippen molar-refractivity contribution in [2.45, 2.75) is 6.61 Å². The lowest BCUT2D eigenvalue weighted by atomic mass is 10.1. The molecule has 0 saturated carbocycles. The maximum Gasteiger partial charge on any atom is 0.374 e. The molecule has 1 aromatic carbocycles. The molecule has 0 spiro atoms. The SMILES string of the molecule is COc1cc2c(cc1-c1cc(C(=O)O)on1)OCOC2. The number of rotatable bonds is 3. The third kappa shape index (κ3) is 2.08. The van der Waals surface area contributed by atoms with Crippen LogP contribution in [-0.2, 0) is 11.3 Å². The molecule has 1 aromatic heterocycles. The fourth-order valence-corrected chi connectivity index (χ4v) is 1.98. The molecular weight excluding hydrogens is 266 g/mol. The van der Waals surface area contributed by atoms with E-state index in [0.29, 0.717) is 29.4 Å². The normalized spacial score (nSPS) is 13.4. The Balaban J connectivity index is 2.08. The maximum atomic E-state index is 10.8. The first kappa shape index (κ1) is 12.5. The van der Waals surface area contributed by atoms with Crippen LogP contribution in [0.2, 0.25) is 0 Å². The predicted octanol–water partition coefficient (Wildman–Crippen LogP) is 1.91. The zero-order chi connectivity index (χ0) is 14.1. The summed E-state index contributed by atoms with van der Waals surface area (Å²) in [5, 5.41) is 12.6. The highest BCUT2D eigenvalue weighted by Crippen LogP contribution is 2.37. The molecule has 0 amide bonds. The Morgan fingerprint density at radius 3 is 2.95 bits per heavy atom. The van der Waals surface area contributed by atoms with Crippen molar-refractivity contribution in [1.82, 2.24) is 5.16 Å². The highest BCUT2D eigenvalue weighted by molar-refractivity contribution is 5.86. The van der Waals surface area contributed by atoms with Gasteiger partial charge in [-0.2, -0.15) is 0 Å². The zero-order valence-electron chi connectivity index (χ0n) is 10.6. The molecule has 0 aliphatic carbocycles. The fraction of sp³-hybridized carbons (Fsp3) is 0.231. The van der Waals surface area contributed by atoms with Gasteiger partial charge in [-0.05, 0) is 12.1 Å². The average Bonchev–Trinajstić information content (AvgIpc) is 2.95. The minimum absolute atomic E-state index is 0.179. The number of carbonyl (C=O) groups is 1. The zero-order valence-corrected chi connectivity index (χ0v) is 10.6. The molecule has 0 radical (unpaired) electrons. The molecule has 0 fully saturated rings. The van der Waals surface area contributed by atoms with Crippen LogP contribution < -0.4 is 9.47 Å². The number of carboxylic acids is 1. The molecule has 7 nitrogen and oxygen atoms in total. The molecular formula is C13H11NO6. The van der Waals surface area contributed by atoms with Crippen LogP contribution in [0.5, 0.6) is 11.5 Å². The number of ether oxygens (including phenoxy) is 3. The highest BCUT2D eigenvalue weighted by atomic mass is 16.7. The fourth-order valence-electron chi connectivity index (χ4n) is 1.98. The lowest BCUT2D eigenvalue weighted by Crippen LogP contribution is -2.11. The van der Waals surface area contributed by atoms with Gasteiger partial charge in [0.15, 0.2) is 6.79 Å². The lowest BCUT2D eigenvalue weighted by molar-refractivity contribution is -0.0164. The first-order valence-electron chi connectivity index (χ1n) is 5.81. The van der Waals surface area contributed by atoms with E-state index < -0.39 is 5.97 Å². The standard InChI is InChI=1S/C13H11NO6/c1-17-11-2-7-5-18-6-19-10(7)3-8(11)9-4-12(13(15)16)20-14-9/h2-4H,5-6H2,1H3,(H,15,16). The number of benzene rings is 1. The van der Waals surface area contributed by atoms with Gasteiger partial charge >= 0.3 is 5.97 Å². The maximum absolute atomic E-state index is 10.8. The van der Waals surface area contributed by atoms with Gasteiger partial charge in [-0.1, -0.05) is 5.16 Å². The van der Waals surface area contributed by atoms with Crippen LogP contribution >= 0.6 is 0 Å². The van der Waals surface area contributed by atoms with Crippen LogP contribution in [0.4, 0.5) is 0 Å². The summed E-state index contributed by atoms with van der Waals surface area (Å²) in [4.78, 5) is 10.8. The van der Waals surface area contributed by atoms with Crippen molar-refractivity contribution >= 4 is 5.97 Å². The molecule has 104 valence electrons. The number of hydrogen-bond donors (Lipinski definition) is 1. The second-order valence-corrected chi connectivity index (χ2v) is 4.15. The lowest BCUT2D eigenvalue weighted by Gasteiger charge is -2.19. The predicted molar refractivity (Wildman–Crippen MR) is 65.7 cm³/mol. The molecule has 2 aromatic rings. The van der Waals surface area contributed by atoms with Crippen molar-refractivity contribution < 1.29 is 28.6 Å². The third-order valence-corrected chi connectivity index (χ3v) is 2.93. The Morgan fingerprint density at radius 2 is 2.25 bits per heavy atom. The van der Waals surface area contributed by atoms with E-state index in [0.717, 1.165) is 5.56 Å². The topological polar surface area (TPSA) is 91.0 Å². The van der Waals surface area contributed by atoms with E-state index in [4.69, 9.17) is 23.8 Å². The summed E-state index contributed by atoms with van der Waals surface area (Å²) in [5.41, 5.74) is 1.83. The minimum atomic E-state index is -1.18. The van der Waals surface area contributed by atoms with E-state index in [1.54, 1.807) is 12.1 Å². The summed E-state index contributed by atoms with van der Waals surface area (Å²) >= 11 is 0. The van der Waals surface area contributed by atoms with Gasteiger partial charge in [0, 0.05) is 17.2 Å². The summed E-state index contributed by atoms with van der Waals surface area (Å²) in [6.07, 6.45) is 0. The van der Waals surface area contributed by atoms with Gasteiger partial charge in [-0.3, -0.25) is 0 Å². The van der Waals surface area contributed by atoms with Crippen molar-refractivity contribution in [2.75, 3.05) is 13.9 Å². The molecule has 0 atom stereocenters. The van der Waals surface area contributed by atoms with Gasteiger partial charge in [-0.25, -0.2) is 4.79 Å². The summed E-state index contributed by atoms with van der Waals surface area (Å²) in [7, 11) is 1.52. The van der Waals surface area contributed by atoms with E-state index in [-0.39, 0.29) is 12.6 Å². The molecule has 0 bridgehead atoms. The monoisotopic (exact) mass is 277 g/mol. The number of hydrogen-bond acceptors (Lipinski definition) is 6. The van der Waals surface area contributed by atoms with E-state index in [1.807, 2.05) is 0 Å². The van der Waals surface area contributed by atoms with Crippen LogP contribution in [0.3, 0.4) is 0 Å². The van der Waals surface area contributed by atoms with Crippen molar-refractivity contribution in [3.05, 3.63) is 29.5 Å². The van der Waals surface area contributed by atoms with Gasteiger partial charge in [0.2, 0.25) is 5.76 Å². The Labute approximate surface area is 113 Å². The van der Waals surface area contributed by atoms with Crippen LogP contribution in [0, 0.1) is 0 Å². The van der Waals surface area contributed by atoms with Crippen LogP contribution in [0.15, 0.2) is 22.7 Å². The van der Waals surface area contributed by atoms with Crippen molar-refractivity contribution in [2.24, 2.45) is 0 Å². The van der Waals surface area contributed by atoms with E-state index >= 15 is 0 Å². The molecule has 7 heteroatoms. The van der Waals surface area contributed by atoms with Gasteiger partial charge in [0.25, 0.3) is 0 Å². The van der Waals surface area contributed by atoms with E-state index in [9.17, 15) is 4.79 Å². The number of aromatic nitrogens is 1. The van der Waals surface area contributed by atoms with E-state index in [1.165, 1.54) is 13.2 Å². The van der Waals surface area contributed by atoms with Gasteiger partial charge < -0.3 is 23.8 Å². The second-order valence-electron chi connectivity index (χ2n) is 4.15. The van der Waals surface area contributed by atoms with Crippen molar-refractivity contribution in [3.63, 3.8) is 0 Å². The summed E-state index contributed by atoms with van der Waals surface area (Å²) < 4.78 is 20.6. The summed E-state index contributed by atoms with van der Waals surface area (Å²) in [6, 6.07) is 4.85. The summed E-state index contributed by atoms with van der Waals surface area (Å²) in [6.45, 7) is 0.614. The average molecular weight is 277 g/mol. The van der Waals surface area contributed by atoms with Crippen LogP contribution in [-0.4, -0.2) is 30.1 Å². The molecule has 0 unspecified atom stereocenters. The number of fused-ring (bicyclic) bond motifs is 1. The largest absolute Gasteiger partial charge is 0.496 e. The first-order chi connectivity index (χ1) is 9.69. The molecule has 1 N–H and O–H groups in total. The van der Waals surface area contributed by atoms with Crippen LogP contribution in [0.25, 0.3) is 11.3 Å². The Morgan fingerprint density at radius 1 is 1.40 bits per heavy atom. The third-order valence-electron chi connectivity index (χ3n) is 2.93. The Bertz CT molecular complexity index is 663. The van der Waals surface area contributed by atoms with Gasteiger partial charge in [-0.15, -0.1) is 0 Å². The highest BCUT2D eigenvalue weighted by Gasteiger charge is 2.20. The van der Waals surface area contributed by atoms with Crippen molar-refractivity contribution in [1.29, 1.82) is 0 Å². The molecule has 1 aliphatic heterocycles. The van der Waals surface area contributed by atoms with Gasteiger partial charge in [0.05, 0.1) is 13.7 Å². The number of aromatic carboxylic acids is 1. The summed E-state index contributed by atoms with van der Waals surface area (Å²) in [5.74, 6) is -0.204. The quantitative estimate of drug-likeness (QED) is 0.916. The first-order valence-corrected chi connectivity index (χ1v) is 5.81. The molecule has 0 saturated heterocycles. The Hall–Kier alpha value is -2.54. The molecule has 3 rings (SSSR count). The molecule has 20 heavy (non-hydrogen) atoms. The smallest absolute Gasteiger partial charge is 0.374 e. The number of carboxylic acid groups (broad SMARTS) is 1. The number of nitrogens with zero attached hydrogens (tertiary/aromatic N) is 1. The minimum Gasteiger partial charge on any atom is -0.496 e. The van der Waals surface area contributed by atoms with E-state index in [2.05, 4.69) is 5.16 Å². The molecule has 2 heterocycles. The second kappa shape index (κ2) is 4.86. The van der Waals surface area contributed by atoms with Gasteiger partial charge in [0.1, 0.15) is 17.2 Å². The Kier molecular flexibility index (Phi) is 3.03. The molecule has 1 aliphatic rings. The van der Waals surface area contributed by atoms with Crippen molar-refractivity contribution in [3.8, 4) is 22.8 Å². The number of methoxy groups -OCH3 is 1.